The molecule has 1 aromatic rings. The monoisotopic (exact) mass is 227 g/mol. The first-order valence-electron chi connectivity index (χ1n) is 5.04. The maximum atomic E-state index is 5.84. The van der Waals surface area contributed by atoms with Crippen LogP contribution in [0, 0.1) is 0 Å². The molecule has 0 aromatic carbocycles. The van der Waals surface area contributed by atoms with Gasteiger partial charge in [0.25, 0.3) is 0 Å². The Morgan fingerprint density at radius 3 is 3.20 bits per heavy atom. The average molecular weight is 228 g/mol. The van der Waals surface area contributed by atoms with E-state index in [1.807, 2.05) is 0 Å². The molecule has 4 nitrogen and oxygen atoms in total. The van der Waals surface area contributed by atoms with Crippen molar-refractivity contribution in [3.8, 4) is 0 Å². The molecular formula is C10H14ClN3O. The first-order chi connectivity index (χ1) is 7.31. The summed E-state index contributed by atoms with van der Waals surface area (Å²) in [5.41, 5.74) is 0. The van der Waals surface area contributed by atoms with Gasteiger partial charge in [0.15, 0.2) is 0 Å². The summed E-state index contributed by atoms with van der Waals surface area (Å²) in [6.07, 6.45) is 3.82. The zero-order chi connectivity index (χ0) is 10.7. The number of ether oxygens (including phenoxy) is 1. The maximum Gasteiger partial charge on any atom is 0.134 e. The minimum Gasteiger partial charge on any atom is -0.383 e. The van der Waals surface area contributed by atoms with E-state index in [2.05, 4.69) is 14.9 Å². The van der Waals surface area contributed by atoms with Gasteiger partial charge in [-0.2, -0.15) is 0 Å². The lowest BCUT2D eigenvalue weighted by Gasteiger charge is -2.24. The van der Waals surface area contributed by atoms with Crippen LogP contribution in [-0.4, -0.2) is 36.3 Å². The summed E-state index contributed by atoms with van der Waals surface area (Å²) in [5.74, 6) is 0.898. The maximum absolute atomic E-state index is 5.84. The highest BCUT2D eigenvalue weighted by molar-refractivity contribution is 6.29. The standard InChI is InChI=1S/C10H14ClN3O/c1-15-6-8-3-2-4-14(8)10-5-9(11)12-7-13-10/h5,7-8H,2-4,6H2,1H3/t8-/m1/s1. The second kappa shape index (κ2) is 4.77. The Kier molecular flexibility index (Phi) is 3.38. The fourth-order valence-corrected chi connectivity index (χ4v) is 2.13. The third kappa shape index (κ3) is 2.38. The lowest BCUT2D eigenvalue weighted by Crippen LogP contribution is -2.33. The Hall–Kier alpha value is -0.870. The quantitative estimate of drug-likeness (QED) is 0.738. The molecule has 82 valence electrons. The van der Waals surface area contributed by atoms with Crippen molar-refractivity contribution in [2.45, 2.75) is 18.9 Å². The fraction of sp³-hybridized carbons (Fsp3) is 0.600. The molecule has 1 aliphatic heterocycles. The Labute approximate surface area is 94.2 Å². The molecule has 2 heterocycles. The summed E-state index contributed by atoms with van der Waals surface area (Å²) in [6, 6.07) is 2.22. The Balaban J connectivity index is 2.15. The Morgan fingerprint density at radius 2 is 2.47 bits per heavy atom. The fourth-order valence-electron chi connectivity index (χ4n) is 1.98. The number of anilines is 1. The van der Waals surface area contributed by atoms with Crippen molar-refractivity contribution in [1.29, 1.82) is 0 Å². The van der Waals surface area contributed by atoms with Crippen LogP contribution in [0.1, 0.15) is 12.8 Å². The first-order valence-corrected chi connectivity index (χ1v) is 5.42. The van der Waals surface area contributed by atoms with Gasteiger partial charge in [0, 0.05) is 19.7 Å². The normalized spacial score (nSPS) is 20.9. The molecule has 0 radical (unpaired) electrons. The Morgan fingerprint density at radius 1 is 1.60 bits per heavy atom. The molecule has 1 fully saturated rings. The minimum absolute atomic E-state index is 0.418. The molecule has 0 saturated carbocycles. The number of halogens is 1. The van der Waals surface area contributed by atoms with Crippen molar-refractivity contribution in [1.82, 2.24) is 9.97 Å². The number of aromatic nitrogens is 2. The number of rotatable bonds is 3. The van der Waals surface area contributed by atoms with E-state index in [1.165, 1.54) is 12.7 Å². The van der Waals surface area contributed by atoms with Gasteiger partial charge in [0.2, 0.25) is 0 Å². The van der Waals surface area contributed by atoms with Gasteiger partial charge in [-0.1, -0.05) is 11.6 Å². The summed E-state index contributed by atoms with van der Waals surface area (Å²) in [4.78, 5) is 10.3. The summed E-state index contributed by atoms with van der Waals surface area (Å²) >= 11 is 5.84. The highest BCUT2D eigenvalue weighted by atomic mass is 35.5. The molecule has 0 unspecified atom stereocenters. The highest BCUT2D eigenvalue weighted by Crippen LogP contribution is 2.24. The smallest absolute Gasteiger partial charge is 0.134 e. The van der Waals surface area contributed by atoms with Crippen molar-refractivity contribution in [3.05, 3.63) is 17.5 Å². The van der Waals surface area contributed by atoms with Gasteiger partial charge in [0.1, 0.15) is 17.3 Å². The van der Waals surface area contributed by atoms with Crippen LogP contribution in [0.25, 0.3) is 0 Å². The summed E-state index contributed by atoms with van der Waals surface area (Å²) < 4.78 is 5.19. The van der Waals surface area contributed by atoms with Crippen LogP contribution in [0.4, 0.5) is 5.82 Å². The second-order valence-corrected chi connectivity index (χ2v) is 4.03. The van der Waals surface area contributed by atoms with E-state index < -0.39 is 0 Å². The molecule has 5 heteroatoms. The van der Waals surface area contributed by atoms with Crippen molar-refractivity contribution in [2.24, 2.45) is 0 Å². The predicted molar refractivity (Wildman–Crippen MR) is 59.3 cm³/mol. The van der Waals surface area contributed by atoms with Gasteiger partial charge in [-0.05, 0) is 12.8 Å². The molecule has 15 heavy (non-hydrogen) atoms. The minimum atomic E-state index is 0.418. The van der Waals surface area contributed by atoms with Crippen LogP contribution in [0.5, 0.6) is 0 Å². The summed E-state index contributed by atoms with van der Waals surface area (Å²) in [6.45, 7) is 1.75. The lowest BCUT2D eigenvalue weighted by atomic mass is 10.2. The van der Waals surface area contributed by atoms with Gasteiger partial charge in [0.05, 0.1) is 12.6 Å². The molecule has 1 aliphatic rings. The highest BCUT2D eigenvalue weighted by Gasteiger charge is 2.25. The number of hydrogen-bond donors (Lipinski definition) is 0. The Bertz CT molecular complexity index is 334. The van der Waals surface area contributed by atoms with E-state index in [0.717, 1.165) is 25.4 Å². The van der Waals surface area contributed by atoms with Gasteiger partial charge in [-0.3, -0.25) is 0 Å². The zero-order valence-electron chi connectivity index (χ0n) is 8.69. The molecule has 0 bridgehead atoms. The van der Waals surface area contributed by atoms with E-state index in [1.54, 1.807) is 13.2 Å². The van der Waals surface area contributed by atoms with Crippen molar-refractivity contribution < 1.29 is 4.74 Å². The molecule has 0 spiro atoms. The second-order valence-electron chi connectivity index (χ2n) is 3.64. The van der Waals surface area contributed by atoms with Gasteiger partial charge < -0.3 is 9.64 Å². The molecule has 0 aliphatic carbocycles. The number of nitrogens with zero attached hydrogens (tertiary/aromatic N) is 3. The number of hydrogen-bond acceptors (Lipinski definition) is 4. The van der Waals surface area contributed by atoms with Crippen molar-refractivity contribution >= 4 is 17.4 Å². The van der Waals surface area contributed by atoms with Crippen LogP contribution < -0.4 is 4.90 Å². The summed E-state index contributed by atoms with van der Waals surface area (Å²) in [7, 11) is 1.73. The molecule has 1 atom stereocenters. The van der Waals surface area contributed by atoms with Crippen LogP contribution in [-0.2, 0) is 4.74 Å². The van der Waals surface area contributed by atoms with E-state index in [4.69, 9.17) is 16.3 Å². The third-order valence-corrected chi connectivity index (χ3v) is 2.86. The predicted octanol–water partition coefficient (Wildman–Crippen LogP) is 1.75. The molecular weight excluding hydrogens is 214 g/mol. The van der Waals surface area contributed by atoms with Crippen molar-refractivity contribution in [3.63, 3.8) is 0 Å². The SMILES string of the molecule is COC[C@H]1CCCN1c1cc(Cl)ncn1. The van der Waals surface area contributed by atoms with Crippen LogP contribution in [0.2, 0.25) is 5.15 Å². The van der Waals surface area contributed by atoms with E-state index in [9.17, 15) is 0 Å². The number of methoxy groups -OCH3 is 1. The van der Waals surface area contributed by atoms with Gasteiger partial charge >= 0.3 is 0 Å². The first kappa shape index (κ1) is 10.6. The van der Waals surface area contributed by atoms with Crippen LogP contribution in [0.15, 0.2) is 12.4 Å². The molecule has 2 rings (SSSR count). The molecule has 1 saturated heterocycles. The molecule has 0 amide bonds. The average Bonchev–Trinajstić information content (AvgIpc) is 2.66. The van der Waals surface area contributed by atoms with E-state index in [-0.39, 0.29) is 0 Å². The van der Waals surface area contributed by atoms with Crippen molar-refractivity contribution in [2.75, 3.05) is 25.2 Å². The third-order valence-electron chi connectivity index (χ3n) is 2.65. The topological polar surface area (TPSA) is 38.2 Å². The molecule has 0 N–H and O–H groups in total. The van der Waals surface area contributed by atoms with Gasteiger partial charge in [-0.15, -0.1) is 0 Å². The van der Waals surface area contributed by atoms with Crippen LogP contribution in [0.3, 0.4) is 0 Å². The lowest BCUT2D eigenvalue weighted by molar-refractivity contribution is 0.180. The molecule has 1 aromatic heterocycles. The zero-order valence-corrected chi connectivity index (χ0v) is 9.44. The van der Waals surface area contributed by atoms with Gasteiger partial charge in [-0.25, -0.2) is 9.97 Å². The van der Waals surface area contributed by atoms with E-state index in [0.29, 0.717) is 11.2 Å². The largest absolute Gasteiger partial charge is 0.383 e. The summed E-state index contributed by atoms with van der Waals surface area (Å²) in [5, 5.41) is 0.489. The van der Waals surface area contributed by atoms with Crippen LogP contribution >= 0.6 is 11.6 Å². The van der Waals surface area contributed by atoms with E-state index >= 15 is 0 Å².